The van der Waals surface area contributed by atoms with Crippen LogP contribution >= 0.6 is 0 Å². The molecule has 182 valence electrons. The second-order valence-electron chi connectivity index (χ2n) is 9.22. The molecule has 4 nitrogen and oxygen atoms in total. The molecular formula is C27H44FNO3. The van der Waals surface area contributed by atoms with Gasteiger partial charge in [0.05, 0.1) is 6.61 Å². The van der Waals surface area contributed by atoms with Gasteiger partial charge >= 0.3 is 5.97 Å². The van der Waals surface area contributed by atoms with Gasteiger partial charge in [-0.15, -0.1) is 0 Å². The first-order valence-corrected chi connectivity index (χ1v) is 12.7. The van der Waals surface area contributed by atoms with Gasteiger partial charge in [0.2, 0.25) is 0 Å². The largest absolute Gasteiger partial charge is 0.464 e. The summed E-state index contributed by atoms with van der Waals surface area (Å²) in [6.45, 7) is 6.60. The minimum Gasteiger partial charge on any atom is -0.464 e. The first-order chi connectivity index (χ1) is 15.4. The van der Waals surface area contributed by atoms with Crippen molar-refractivity contribution in [1.29, 1.82) is 0 Å². The van der Waals surface area contributed by atoms with Crippen LogP contribution in [0.2, 0.25) is 0 Å². The maximum absolute atomic E-state index is 13.4. The number of benzene rings is 1. The summed E-state index contributed by atoms with van der Waals surface area (Å²) in [6, 6.07) is 4.74. The fourth-order valence-corrected chi connectivity index (χ4v) is 3.77. The molecule has 5 heteroatoms. The second kappa shape index (κ2) is 17.6. The normalized spacial score (nSPS) is 12.0. The van der Waals surface area contributed by atoms with Crippen molar-refractivity contribution in [3.8, 4) is 0 Å². The molecule has 1 aromatic rings. The number of nitrogens with one attached hydrogen (secondary N) is 1. The Balaban J connectivity index is 2.20. The van der Waals surface area contributed by atoms with Crippen LogP contribution in [-0.4, -0.2) is 24.5 Å². The number of hydrogen-bond donors (Lipinski definition) is 1. The predicted molar refractivity (Wildman–Crippen MR) is 129 cm³/mol. The Morgan fingerprint density at radius 1 is 0.906 bits per heavy atom. The summed E-state index contributed by atoms with van der Waals surface area (Å²) in [7, 11) is 0. The summed E-state index contributed by atoms with van der Waals surface area (Å²) < 4.78 is 18.8. The van der Waals surface area contributed by atoms with Gasteiger partial charge in [-0.1, -0.05) is 97.5 Å². The zero-order chi connectivity index (χ0) is 23.6. The third-order valence-electron chi connectivity index (χ3n) is 5.63. The molecular weight excluding hydrogens is 405 g/mol. The van der Waals surface area contributed by atoms with E-state index in [2.05, 4.69) is 12.2 Å². The lowest BCUT2D eigenvalue weighted by Crippen LogP contribution is -2.42. The first kappa shape index (κ1) is 28.1. The molecule has 32 heavy (non-hydrogen) atoms. The molecule has 0 aliphatic rings. The highest BCUT2D eigenvalue weighted by molar-refractivity contribution is 5.96. The second-order valence-corrected chi connectivity index (χ2v) is 9.22. The van der Waals surface area contributed by atoms with Gasteiger partial charge in [-0.05, 0) is 37.0 Å². The van der Waals surface area contributed by atoms with Crippen molar-refractivity contribution in [2.75, 3.05) is 6.61 Å². The molecule has 1 atom stereocenters. The van der Waals surface area contributed by atoms with E-state index in [9.17, 15) is 14.0 Å². The molecule has 1 N–H and O–H groups in total. The third kappa shape index (κ3) is 13.5. The summed E-state index contributed by atoms with van der Waals surface area (Å²) in [6.07, 6.45) is 15.5. The van der Waals surface area contributed by atoms with Gasteiger partial charge < -0.3 is 10.1 Å². The van der Waals surface area contributed by atoms with E-state index in [1.165, 1.54) is 88.5 Å². The molecule has 0 aliphatic carbocycles. The summed E-state index contributed by atoms with van der Waals surface area (Å²) in [5.41, 5.74) is 0.201. The lowest BCUT2D eigenvalue weighted by atomic mass is 10.0. The van der Waals surface area contributed by atoms with Crippen LogP contribution in [-0.2, 0) is 9.53 Å². The zero-order valence-corrected chi connectivity index (χ0v) is 20.5. The summed E-state index contributed by atoms with van der Waals surface area (Å²) >= 11 is 0. The molecule has 0 aliphatic heterocycles. The molecule has 1 aromatic carbocycles. The van der Waals surface area contributed by atoms with Gasteiger partial charge in [0.25, 0.3) is 5.91 Å². The Morgan fingerprint density at radius 2 is 1.47 bits per heavy atom. The van der Waals surface area contributed by atoms with Crippen LogP contribution in [0.4, 0.5) is 4.39 Å². The van der Waals surface area contributed by atoms with Gasteiger partial charge in [0.15, 0.2) is 0 Å². The average molecular weight is 450 g/mol. The maximum atomic E-state index is 13.4. The zero-order valence-electron chi connectivity index (χ0n) is 20.5. The fourth-order valence-electron chi connectivity index (χ4n) is 3.77. The summed E-state index contributed by atoms with van der Waals surface area (Å²) in [4.78, 5) is 24.9. The first-order valence-electron chi connectivity index (χ1n) is 12.7. The van der Waals surface area contributed by atoms with E-state index in [1.807, 2.05) is 13.8 Å². The van der Waals surface area contributed by atoms with E-state index < -0.39 is 23.7 Å². The highest BCUT2D eigenvalue weighted by Crippen LogP contribution is 2.13. The number of carbonyl (C=O) groups excluding carboxylic acids is 2. The molecule has 0 spiro atoms. The molecule has 1 amide bonds. The number of esters is 1. The number of carbonyl (C=O) groups is 2. The Labute approximate surface area is 194 Å². The number of ether oxygens (including phenoxy) is 1. The Morgan fingerprint density at radius 3 is 2.00 bits per heavy atom. The molecule has 1 rings (SSSR count). The maximum Gasteiger partial charge on any atom is 0.328 e. The average Bonchev–Trinajstić information content (AvgIpc) is 2.76. The number of hydrogen-bond acceptors (Lipinski definition) is 3. The minimum absolute atomic E-state index is 0.201. The Hall–Kier alpha value is -1.91. The molecule has 0 bridgehead atoms. The quantitative estimate of drug-likeness (QED) is 0.190. The van der Waals surface area contributed by atoms with Crippen LogP contribution in [0.3, 0.4) is 0 Å². The predicted octanol–water partition coefficient (Wildman–Crippen LogP) is 7.21. The lowest BCUT2D eigenvalue weighted by molar-refractivity contribution is -0.146. The van der Waals surface area contributed by atoms with Crippen molar-refractivity contribution in [2.24, 2.45) is 5.92 Å². The van der Waals surface area contributed by atoms with Crippen molar-refractivity contribution in [3.63, 3.8) is 0 Å². The van der Waals surface area contributed by atoms with Crippen molar-refractivity contribution < 1.29 is 18.7 Å². The SMILES string of the molecule is CCCCCCCCCCCCCCOC(=O)C(CC(C)C)NC(=O)c1cccc(F)c1. The number of amides is 1. The van der Waals surface area contributed by atoms with Crippen LogP contribution in [0.1, 0.15) is 115 Å². The van der Waals surface area contributed by atoms with Gasteiger partial charge in [-0.25, -0.2) is 9.18 Å². The highest BCUT2D eigenvalue weighted by atomic mass is 19.1. The monoisotopic (exact) mass is 449 g/mol. The molecule has 0 saturated carbocycles. The summed E-state index contributed by atoms with van der Waals surface area (Å²) in [5.74, 6) is -1.14. The van der Waals surface area contributed by atoms with E-state index in [0.29, 0.717) is 13.0 Å². The van der Waals surface area contributed by atoms with Crippen molar-refractivity contribution in [3.05, 3.63) is 35.6 Å². The Bertz CT molecular complexity index is 648. The molecule has 1 unspecified atom stereocenters. The van der Waals surface area contributed by atoms with Crippen LogP contribution in [0.15, 0.2) is 24.3 Å². The smallest absolute Gasteiger partial charge is 0.328 e. The van der Waals surface area contributed by atoms with Crippen molar-refractivity contribution in [1.82, 2.24) is 5.32 Å². The lowest BCUT2D eigenvalue weighted by Gasteiger charge is -2.19. The molecule has 0 radical (unpaired) electrons. The number of halogens is 1. The molecule has 0 fully saturated rings. The molecule has 0 heterocycles. The highest BCUT2D eigenvalue weighted by Gasteiger charge is 2.24. The van der Waals surface area contributed by atoms with Crippen LogP contribution in [0.25, 0.3) is 0 Å². The van der Waals surface area contributed by atoms with E-state index in [-0.39, 0.29) is 11.5 Å². The van der Waals surface area contributed by atoms with E-state index in [1.54, 1.807) is 0 Å². The van der Waals surface area contributed by atoms with Crippen molar-refractivity contribution in [2.45, 2.75) is 110 Å². The number of unbranched alkanes of at least 4 members (excludes halogenated alkanes) is 11. The van der Waals surface area contributed by atoms with Gasteiger partial charge in [-0.3, -0.25) is 4.79 Å². The van der Waals surface area contributed by atoms with Crippen LogP contribution < -0.4 is 5.32 Å². The van der Waals surface area contributed by atoms with Gasteiger partial charge in [0.1, 0.15) is 11.9 Å². The van der Waals surface area contributed by atoms with Gasteiger partial charge in [-0.2, -0.15) is 0 Å². The summed E-state index contributed by atoms with van der Waals surface area (Å²) in [5, 5.41) is 2.71. The van der Waals surface area contributed by atoms with Crippen LogP contribution in [0, 0.1) is 11.7 Å². The standard InChI is InChI=1S/C27H44FNO3/c1-4-5-6-7-8-9-10-11-12-13-14-15-19-32-27(31)25(20-22(2)3)29-26(30)23-17-16-18-24(28)21-23/h16-18,21-22,25H,4-15,19-20H2,1-3H3,(H,29,30). The molecule has 0 aromatic heterocycles. The minimum atomic E-state index is -0.719. The van der Waals surface area contributed by atoms with Crippen LogP contribution in [0.5, 0.6) is 0 Å². The number of rotatable bonds is 18. The third-order valence-corrected chi connectivity index (χ3v) is 5.63. The topological polar surface area (TPSA) is 55.4 Å². The van der Waals surface area contributed by atoms with Gasteiger partial charge in [0, 0.05) is 5.56 Å². The van der Waals surface area contributed by atoms with E-state index in [4.69, 9.17) is 4.74 Å². The Kier molecular flexibility index (Phi) is 15.5. The van der Waals surface area contributed by atoms with E-state index in [0.717, 1.165) is 12.8 Å². The van der Waals surface area contributed by atoms with E-state index >= 15 is 0 Å². The fraction of sp³-hybridized carbons (Fsp3) is 0.704. The molecule has 0 saturated heterocycles. The van der Waals surface area contributed by atoms with Crippen molar-refractivity contribution >= 4 is 11.9 Å².